The molecule has 2 N–H and O–H groups in total. The van der Waals surface area contributed by atoms with E-state index < -0.39 is 5.92 Å². The number of nitrogens with one attached hydrogen (secondary N) is 2. The molecule has 1 aliphatic heterocycles. The van der Waals surface area contributed by atoms with Crippen LogP contribution in [0.1, 0.15) is 30.3 Å². The van der Waals surface area contributed by atoms with E-state index in [9.17, 15) is 14.4 Å². The van der Waals surface area contributed by atoms with Crippen molar-refractivity contribution in [1.82, 2.24) is 19.7 Å². The Hall–Kier alpha value is -3.75. The van der Waals surface area contributed by atoms with E-state index in [1.54, 1.807) is 17.9 Å². The second-order valence-electron chi connectivity index (χ2n) is 7.73. The van der Waals surface area contributed by atoms with Gasteiger partial charge in [0.15, 0.2) is 0 Å². The molecule has 1 atom stereocenters. The molecule has 4 rings (SSSR count). The maximum Gasteiger partial charge on any atom is 0.252 e. The van der Waals surface area contributed by atoms with Crippen LogP contribution in [0.3, 0.4) is 0 Å². The highest BCUT2D eigenvalue weighted by Crippen LogP contribution is 2.26. The number of carbonyl (C=O) groups excluding carboxylic acids is 2. The number of benzene rings is 1. The number of H-pyrrole nitrogens is 1. The molecule has 0 aliphatic carbocycles. The van der Waals surface area contributed by atoms with Crippen molar-refractivity contribution < 1.29 is 9.59 Å². The van der Waals surface area contributed by atoms with Crippen molar-refractivity contribution in [3.8, 4) is 5.95 Å². The standard InChI is InChI=1S/C22H24N6O3/c1-4-16-11-19(29)25-22(23-16)28-18(9-14(3)26-28)24-21(31)15-10-20(30)27(12-15)17-7-5-13(2)6-8-17/h5-9,11,15H,4,10,12H2,1-3H3,(H,24,31)(H,23,25,29). The van der Waals surface area contributed by atoms with E-state index in [0.717, 1.165) is 11.3 Å². The predicted octanol–water partition coefficient (Wildman–Crippen LogP) is 2.13. The van der Waals surface area contributed by atoms with Gasteiger partial charge in [-0.2, -0.15) is 9.78 Å². The predicted molar refractivity (Wildman–Crippen MR) is 116 cm³/mol. The van der Waals surface area contributed by atoms with E-state index in [-0.39, 0.29) is 29.7 Å². The van der Waals surface area contributed by atoms with E-state index in [2.05, 4.69) is 20.4 Å². The first-order valence-corrected chi connectivity index (χ1v) is 10.2. The number of carbonyl (C=O) groups is 2. The molecule has 3 heterocycles. The summed E-state index contributed by atoms with van der Waals surface area (Å²) >= 11 is 0. The van der Waals surface area contributed by atoms with Crippen LogP contribution in [0.5, 0.6) is 0 Å². The van der Waals surface area contributed by atoms with Crippen LogP contribution in [0.25, 0.3) is 5.95 Å². The number of aryl methyl sites for hydroxylation is 3. The normalized spacial score (nSPS) is 16.0. The average molecular weight is 420 g/mol. The average Bonchev–Trinajstić information content (AvgIpc) is 3.30. The zero-order valence-corrected chi connectivity index (χ0v) is 17.7. The molecule has 0 spiro atoms. The molecule has 160 valence electrons. The lowest BCUT2D eigenvalue weighted by molar-refractivity contribution is -0.122. The number of rotatable bonds is 5. The molecule has 0 bridgehead atoms. The number of hydrogen-bond acceptors (Lipinski definition) is 5. The second-order valence-corrected chi connectivity index (χ2v) is 7.73. The van der Waals surface area contributed by atoms with E-state index in [1.165, 1.54) is 10.7 Å². The molecule has 9 nitrogen and oxygen atoms in total. The van der Waals surface area contributed by atoms with Gasteiger partial charge in [-0.05, 0) is 32.4 Å². The zero-order chi connectivity index (χ0) is 22.1. The summed E-state index contributed by atoms with van der Waals surface area (Å²) in [6.45, 7) is 5.97. The molecular formula is C22H24N6O3. The summed E-state index contributed by atoms with van der Waals surface area (Å²) < 4.78 is 1.41. The number of anilines is 2. The van der Waals surface area contributed by atoms with Crippen molar-refractivity contribution in [2.24, 2.45) is 5.92 Å². The molecule has 1 aromatic carbocycles. The third kappa shape index (κ3) is 4.25. The first kappa shape index (κ1) is 20.5. The topological polar surface area (TPSA) is 113 Å². The number of nitrogens with zero attached hydrogens (tertiary/aromatic N) is 4. The van der Waals surface area contributed by atoms with E-state index in [1.807, 2.05) is 38.1 Å². The summed E-state index contributed by atoms with van der Waals surface area (Å²) in [4.78, 5) is 46.1. The molecular weight excluding hydrogens is 396 g/mol. The van der Waals surface area contributed by atoms with E-state index in [4.69, 9.17) is 0 Å². The highest BCUT2D eigenvalue weighted by Gasteiger charge is 2.35. The van der Waals surface area contributed by atoms with Crippen LogP contribution in [-0.2, 0) is 16.0 Å². The van der Waals surface area contributed by atoms with Crippen LogP contribution < -0.4 is 15.8 Å². The fourth-order valence-corrected chi connectivity index (χ4v) is 3.61. The highest BCUT2D eigenvalue weighted by molar-refractivity contribution is 6.03. The Morgan fingerprint density at radius 3 is 2.65 bits per heavy atom. The van der Waals surface area contributed by atoms with Gasteiger partial charge < -0.3 is 10.2 Å². The maximum absolute atomic E-state index is 13.0. The summed E-state index contributed by atoms with van der Waals surface area (Å²) in [5, 5.41) is 7.21. The molecule has 1 fully saturated rings. The molecule has 9 heteroatoms. The fourth-order valence-electron chi connectivity index (χ4n) is 3.61. The van der Waals surface area contributed by atoms with Gasteiger partial charge >= 0.3 is 0 Å². The first-order valence-electron chi connectivity index (χ1n) is 10.2. The maximum atomic E-state index is 13.0. The Morgan fingerprint density at radius 1 is 1.19 bits per heavy atom. The van der Waals surface area contributed by atoms with Gasteiger partial charge in [0.1, 0.15) is 5.82 Å². The highest BCUT2D eigenvalue weighted by atomic mass is 16.2. The molecule has 31 heavy (non-hydrogen) atoms. The summed E-state index contributed by atoms with van der Waals surface area (Å²) in [7, 11) is 0. The van der Waals surface area contributed by atoms with E-state index in [0.29, 0.717) is 30.2 Å². The lowest BCUT2D eigenvalue weighted by atomic mass is 10.1. The van der Waals surface area contributed by atoms with Gasteiger partial charge in [-0.15, -0.1) is 0 Å². The van der Waals surface area contributed by atoms with Crippen molar-refractivity contribution in [2.45, 2.75) is 33.6 Å². The molecule has 1 unspecified atom stereocenters. The molecule has 2 aromatic heterocycles. The molecule has 1 aliphatic rings. The largest absolute Gasteiger partial charge is 0.312 e. The summed E-state index contributed by atoms with van der Waals surface area (Å²) in [6.07, 6.45) is 0.727. The number of aromatic nitrogens is 4. The summed E-state index contributed by atoms with van der Waals surface area (Å²) in [5.74, 6) is -0.239. The lowest BCUT2D eigenvalue weighted by Gasteiger charge is -2.17. The summed E-state index contributed by atoms with van der Waals surface area (Å²) in [6, 6.07) is 10.8. The van der Waals surface area contributed by atoms with Crippen LogP contribution in [-0.4, -0.2) is 38.1 Å². The van der Waals surface area contributed by atoms with Gasteiger partial charge in [-0.1, -0.05) is 24.6 Å². The van der Waals surface area contributed by atoms with Gasteiger partial charge in [-0.3, -0.25) is 19.4 Å². The minimum atomic E-state index is -0.494. The Kier molecular flexibility index (Phi) is 5.41. The van der Waals surface area contributed by atoms with Gasteiger partial charge in [0.25, 0.3) is 5.56 Å². The molecule has 2 amide bonds. The van der Waals surface area contributed by atoms with Crippen molar-refractivity contribution in [3.63, 3.8) is 0 Å². The van der Waals surface area contributed by atoms with E-state index >= 15 is 0 Å². The molecule has 3 aromatic rings. The fraction of sp³-hybridized carbons (Fsp3) is 0.318. The Labute approximate surface area is 179 Å². The lowest BCUT2D eigenvalue weighted by Crippen LogP contribution is -2.29. The third-order valence-electron chi connectivity index (χ3n) is 5.27. The molecule has 1 saturated heterocycles. The first-order chi connectivity index (χ1) is 14.8. The van der Waals surface area contributed by atoms with Crippen molar-refractivity contribution in [1.29, 1.82) is 0 Å². The zero-order valence-electron chi connectivity index (χ0n) is 17.7. The van der Waals surface area contributed by atoms with Gasteiger partial charge in [-0.25, -0.2) is 4.98 Å². The van der Waals surface area contributed by atoms with Crippen molar-refractivity contribution in [3.05, 3.63) is 63.7 Å². The molecule has 0 radical (unpaired) electrons. The van der Waals surface area contributed by atoms with Crippen LogP contribution in [0.15, 0.2) is 41.2 Å². The van der Waals surface area contributed by atoms with Crippen LogP contribution >= 0.6 is 0 Å². The van der Waals surface area contributed by atoms with Crippen molar-refractivity contribution in [2.75, 3.05) is 16.8 Å². The Balaban J connectivity index is 1.55. The minimum Gasteiger partial charge on any atom is -0.312 e. The van der Waals surface area contributed by atoms with Crippen molar-refractivity contribution >= 4 is 23.3 Å². The SMILES string of the molecule is CCc1cc(=O)[nH]c(-n2nc(C)cc2NC(=O)C2CC(=O)N(c3ccc(C)cc3)C2)n1. The Bertz CT molecular complexity index is 1190. The minimum absolute atomic E-state index is 0.0877. The molecule has 0 saturated carbocycles. The van der Waals surface area contributed by atoms with Gasteiger partial charge in [0.05, 0.1) is 11.6 Å². The number of aromatic amines is 1. The van der Waals surface area contributed by atoms with Crippen LogP contribution in [0.2, 0.25) is 0 Å². The number of hydrogen-bond donors (Lipinski definition) is 2. The third-order valence-corrected chi connectivity index (χ3v) is 5.27. The number of amides is 2. The Morgan fingerprint density at radius 2 is 1.94 bits per heavy atom. The smallest absolute Gasteiger partial charge is 0.252 e. The van der Waals surface area contributed by atoms with Crippen LogP contribution in [0, 0.1) is 19.8 Å². The quantitative estimate of drug-likeness (QED) is 0.657. The second kappa shape index (κ2) is 8.17. The van der Waals surface area contributed by atoms with Gasteiger partial charge in [0, 0.05) is 36.5 Å². The van der Waals surface area contributed by atoms with Gasteiger partial charge in [0.2, 0.25) is 17.8 Å². The monoisotopic (exact) mass is 420 g/mol. The summed E-state index contributed by atoms with van der Waals surface area (Å²) in [5.41, 5.74) is 2.88. The van der Waals surface area contributed by atoms with Crippen LogP contribution in [0.4, 0.5) is 11.5 Å².